The van der Waals surface area contributed by atoms with Gasteiger partial charge in [0.25, 0.3) is 5.91 Å². The van der Waals surface area contributed by atoms with Crippen molar-refractivity contribution in [2.24, 2.45) is 0 Å². The lowest BCUT2D eigenvalue weighted by molar-refractivity contribution is -0.137. The Morgan fingerprint density at radius 1 is 1.03 bits per heavy atom. The number of aryl methyl sites for hydroxylation is 2. The van der Waals surface area contributed by atoms with Gasteiger partial charge in [-0.15, -0.1) is 5.10 Å². The first kappa shape index (κ1) is 22.8. The zero-order valence-corrected chi connectivity index (χ0v) is 17.6. The SMILES string of the molecule is Cc1cc(=O)c(C(=O)Nc2ccc(F)c(-n3nnnc3C)c2)nn1-c1cccc(C(F)(F)F)c1. The van der Waals surface area contributed by atoms with E-state index in [1.807, 2.05) is 0 Å². The number of carbonyl (C=O) groups is 1. The van der Waals surface area contributed by atoms with Gasteiger partial charge in [0.1, 0.15) is 11.5 Å². The first-order chi connectivity index (χ1) is 16.0. The van der Waals surface area contributed by atoms with Crippen molar-refractivity contribution in [3.8, 4) is 11.4 Å². The molecular formula is C21H15F4N7O2. The maximum absolute atomic E-state index is 14.3. The van der Waals surface area contributed by atoms with Crippen LogP contribution in [0, 0.1) is 19.7 Å². The Morgan fingerprint density at radius 2 is 1.79 bits per heavy atom. The smallest absolute Gasteiger partial charge is 0.320 e. The molecule has 0 bridgehead atoms. The van der Waals surface area contributed by atoms with Crippen LogP contribution in [-0.4, -0.2) is 35.9 Å². The van der Waals surface area contributed by atoms with Crippen molar-refractivity contribution >= 4 is 11.6 Å². The molecule has 2 heterocycles. The van der Waals surface area contributed by atoms with Crippen molar-refractivity contribution in [1.82, 2.24) is 30.0 Å². The fourth-order valence-corrected chi connectivity index (χ4v) is 3.18. The third kappa shape index (κ3) is 4.40. The van der Waals surface area contributed by atoms with Crippen molar-refractivity contribution in [3.63, 3.8) is 0 Å². The number of benzene rings is 2. The van der Waals surface area contributed by atoms with Crippen molar-refractivity contribution in [2.75, 3.05) is 5.32 Å². The lowest BCUT2D eigenvalue weighted by Gasteiger charge is -2.14. The number of rotatable bonds is 4. The monoisotopic (exact) mass is 473 g/mol. The van der Waals surface area contributed by atoms with Gasteiger partial charge in [-0.2, -0.15) is 23.0 Å². The Labute approximate surface area is 188 Å². The quantitative estimate of drug-likeness (QED) is 0.456. The maximum atomic E-state index is 14.3. The van der Waals surface area contributed by atoms with Gasteiger partial charge < -0.3 is 5.32 Å². The van der Waals surface area contributed by atoms with E-state index in [9.17, 15) is 27.2 Å². The molecule has 0 aliphatic heterocycles. The Hall–Kier alpha value is -4.42. The van der Waals surface area contributed by atoms with Gasteiger partial charge in [-0.25, -0.2) is 9.07 Å². The Bertz CT molecular complexity index is 1460. The maximum Gasteiger partial charge on any atom is 0.416 e. The van der Waals surface area contributed by atoms with Gasteiger partial charge in [-0.3, -0.25) is 9.59 Å². The van der Waals surface area contributed by atoms with E-state index in [1.165, 1.54) is 31.2 Å². The highest BCUT2D eigenvalue weighted by atomic mass is 19.4. The van der Waals surface area contributed by atoms with E-state index in [2.05, 4.69) is 25.9 Å². The van der Waals surface area contributed by atoms with Gasteiger partial charge in [-0.1, -0.05) is 6.07 Å². The third-order valence-corrected chi connectivity index (χ3v) is 4.80. The van der Waals surface area contributed by atoms with Crippen LogP contribution in [0.1, 0.15) is 27.6 Å². The molecule has 0 saturated carbocycles. The highest BCUT2D eigenvalue weighted by Crippen LogP contribution is 2.30. The van der Waals surface area contributed by atoms with E-state index in [0.717, 1.165) is 33.6 Å². The number of anilines is 1. The molecule has 0 saturated heterocycles. The van der Waals surface area contributed by atoms with Gasteiger partial charge in [0.2, 0.25) is 5.43 Å². The molecule has 2 aromatic heterocycles. The summed E-state index contributed by atoms with van der Waals surface area (Å²) in [7, 11) is 0. The van der Waals surface area contributed by atoms with E-state index in [1.54, 1.807) is 6.92 Å². The van der Waals surface area contributed by atoms with Crippen LogP contribution in [0.25, 0.3) is 11.4 Å². The minimum atomic E-state index is -4.58. The number of aromatic nitrogens is 6. The summed E-state index contributed by atoms with van der Waals surface area (Å²) in [6, 6.07) is 8.99. The molecule has 0 radical (unpaired) electrons. The lowest BCUT2D eigenvalue weighted by Crippen LogP contribution is -2.27. The Kier molecular flexibility index (Phi) is 5.69. The normalized spacial score (nSPS) is 11.5. The van der Waals surface area contributed by atoms with Crippen LogP contribution < -0.4 is 10.7 Å². The summed E-state index contributed by atoms with van der Waals surface area (Å²) in [6.07, 6.45) is -4.58. The molecule has 0 spiro atoms. The van der Waals surface area contributed by atoms with Crippen LogP contribution >= 0.6 is 0 Å². The predicted octanol–water partition coefficient (Wildman–Crippen LogP) is 3.24. The van der Waals surface area contributed by atoms with E-state index in [-0.39, 0.29) is 22.8 Å². The van der Waals surface area contributed by atoms with Crippen molar-refractivity contribution in [2.45, 2.75) is 20.0 Å². The number of nitrogens with zero attached hydrogens (tertiary/aromatic N) is 6. The zero-order valence-electron chi connectivity index (χ0n) is 17.6. The molecule has 34 heavy (non-hydrogen) atoms. The number of amides is 1. The lowest BCUT2D eigenvalue weighted by atomic mass is 10.2. The molecule has 0 aliphatic rings. The number of hydrogen-bond acceptors (Lipinski definition) is 6. The average molecular weight is 473 g/mol. The first-order valence-electron chi connectivity index (χ1n) is 9.69. The summed E-state index contributed by atoms with van der Waals surface area (Å²) >= 11 is 0. The molecule has 9 nitrogen and oxygen atoms in total. The largest absolute Gasteiger partial charge is 0.416 e. The van der Waals surface area contributed by atoms with E-state index < -0.39 is 34.6 Å². The number of tetrazole rings is 1. The summed E-state index contributed by atoms with van der Waals surface area (Å²) in [5, 5.41) is 17.2. The Morgan fingerprint density at radius 3 is 2.47 bits per heavy atom. The highest BCUT2D eigenvalue weighted by molar-refractivity contribution is 6.02. The van der Waals surface area contributed by atoms with E-state index in [0.29, 0.717) is 5.82 Å². The summed E-state index contributed by atoms with van der Waals surface area (Å²) in [4.78, 5) is 25.2. The van der Waals surface area contributed by atoms with Crippen LogP contribution in [0.15, 0.2) is 53.3 Å². The molecule has 1 amide bonds. The van der Waals surface area contributed by atoms with Gasteiger partial charge in [0.15, 0.2) is 11.5 Å². The van der Waals surface area contributed by atoms with Crippen molar-refractivity contribution in [1.29, 1.82) is 0 Å². The fraction of sp³-hybridized carbons (Fsp3) is 0.143. The minimum absolute atomic E-state index is 0.0135. The molecular weight excluding hydrogens is 458 g/mol. The molecule has 13 heteroatoms. The second-order valence-corrected chi connectivity index (χ2v) is 7.22. The summed E-state index contributed by atoms with van der Waals surface area (Å²) in [5.41, 5.74) is -1.90. The number of nitrogens with one attached hydrogen (secondary N) is 1. The van der Waals surface area contributed by atoms with Crippen LogP contribution in [-0.2, 0) is 6.18 Å². The van der Waals surface area contributed by atoms with Crippen molar-refractivity contribution < 1.29 is 22.4 Å². The molecule has 0 atom stereocenters. The van der Waals surface area contributed by atoms with Gasteiger partial charge >= 0.3 is 6.18 Å². The van der Waals surface area contributed by atoms with Gasteiger partial charge in [-0.05, 0) is 60.7 Å². The second-order valence-electron chi connectivity index (χ2n) is 7.22. The molecule has 174 valence electrons. The second kappa shape index (κ2) is 8.50. The van der Waals surface area contributed by atoms with Crippen LogP contribution in [0.4, 0.5) is 23.2 Å². The van der Waals surface area contributed by atoms with Gasteiger partial charge in [0.05, 0.1) is 11.3 Å². The fourth-order valence-electron chi connectivity index (χ4n) is 3.18. The van der Waals surface area contributed by atoms with Crippen molar-refractivity contribution in [3.05, 3.63) is 87.3 Å². The number of carbonyl (C=O) groups excluding carboxylic acids is 1. The van der Waals surface area contributed by atoms with Crippen LogP contribution in [0.2, 0.25) is 0 Å². The first-order valence-corrected chi connectivity index (χ1v) is 9.69. The third-order valence-electron chi connectivity index (χ3n) is 4.80. The summed E-state index contributed by atoms with van der Waals surface area (Å²) in [5.74, 6) is -1.29. The van der Waals surface area contributed by atoms with Crippen LogP contribution in [0.3, 0.4) is 0 Å². The molecule has 4 rings (SSSR count). The topological polar surface area (TPSA) is 108 Å². The predicted molar refractivity (Wildman–Crippen MR) is 111 cm³/mol. The minimum Gasteiger partial charge on any atom is -0.320 e. The number of alkyl halides is 3. The molecule has 0 fully saturated rings. The number of hydrogen-bond donors (Lipinski definition) is 1. The number of halogens is 4. The van der Waals surface area contributed by atoms with E-state index >= 15 is 0 Å². The molecule has 4 aromatic rings. The van der Waals surface area contributed by atoms with E-state index in [4.69, 9.17) is 0 Å². The molecule has 1 N–H and O–H groups in total. The van der Waals surface area contributed by atoms with Gasteiger partial charge in [0, 0.05) is 17.4 Å². The average Bonchev–Trinajstić information content (AvgIpc) is 3.20. The molecule has 0 aliphatic carbocycles. The summed E-state index contributed by atoms with van der Waals surface area (Å²) in [6.45, 7) is 3.02. The van der Waals surface area contributed by atoms with Crippen LogP contribution in [0.5, 0.6) is 0 Å². The standard InChI is InChI=1S/C21H15F4N7O2/c1-11-8-18(33)19(28-31(11)15-5-3-4-13(9-15)21(23,24)25)20(34)26-14-6-7-16(22)17(10-14)32-12(2)27-29-30-32/h3-10H,1-2H3,(H,26,34). The zero-order chi connectivity index (χ0) is 24.6. The highest BCUT2D eigenvalue weighted by Gasteiger charge is 2.30. The molecule has 0 unspecified atom stereocenters. The Balaban J connectivity index is 1.69. The summed E-state index contributed by atoms with van der Waals surface area (Å²) < 4.78 is 55.8. The molecule has 2 aromatic carbocycles.